The van der Waals surface area contributed by atoms with E-state index in [2.05, 4.69) is 23.8 Å². The van der Waals surface area contributed by atoms with E-state index in [9.17, 15) is 10.2 Å². The second-order valence-electron chi connectivity index (χ2n) is 9.54. The first-order chi connectivity index (χ1) is 17.1. The molecule has 0 aliphatic rings. The zero-order valence-corrected chi connectivity index (χ0v) is 22.0. The van der Waals surface area contributed by atoms with Gasteiger partial charge in [-0.25, -0.2) is 0 Å². The Balaban J connectivity index is 1.76. The molecule has 0 aliphatic carbocycles. The van der Waals surface area contributed by atoms with E-state index >= 15 is 0 Å². The fourth-order valence-electron chi connectivity index (χ4n) is 4.21. The van der Waals surface area contributed by atoms with E-state index < -0.39 is 0 Å². The molecule has 35 heavy (non-hydrogen) atoms. The summed E-state index contributed by atoms with van der Waals surface area (Å²) in [6.45, 7) is 5.54. The van der Waals surface area contributed by atoms with Crippen LogP contribution in [0.3, 0.4) is 0 Å². The van der Waals surface area contributed by atoms with E-state index in [1.165, 1.54) is 81.8 Å². The number of phenolic OH excluding ortho intramolecular Hbond substituents is 2. The van der Waals surface area contributed by atoms with Crippen LogP contribution in [0.15, 0.2) is 46.4 Å². The van der Waals surface area contributed by atoms with Crippen LogP contribution >= 0.6 is 0 Å². The van der Waals surface area contributed by atoms with Gasteiger partial charge in [-0.1, -0.05) is 83.8 Å². The summed E-state index contributed by atoms with van der Waals surface area (Å²) in [5, 5.41) is 20.3. The Morgan fingerprint density at radius 2 is 0.971 bits per heavy atom. The molecule has 2 aromatic carbocycles. The quantitative estimate of drug-likeness (QED) is 0.168. The minimum Gasteiger partial charge on any atom is -0.507 e. The third kappa shape index (κ3) is 12.1. The van der Waals surface area contributed by atoms with Crippen molar-refractivity contribution in [3.8, 4) is 11.5 Å². The van der Waals surface area contributed by atoms with Gasteiger partial charge < -0.3 is 10.2 Å². The molecule has 0 heterocycles. The standard InChI is InChI=1S/C31H46N2O2/c1-3-5-7-9-10-11-13-15-27-17-19-31(35)29(23-27)25-33-21-20-32-24-28-22-26(16-18-30(28)34)14-12-8-6-4-2/h16-19,22-25,34-35H,3-15,20-21H2,1-2H3. The maximum Gasteiger partial charge on any atom is 0.124 e. The third-order valence-corrected chi connectivity index (χ3v) is 6.39. The number of aliphatic imine (C=N–C) groups is 2. The number of unbranched alkanes of at least 4 members (excludes halogenated alkanes) is 9. The summed E-state index contributed by atoms with van der Waals surface area (Å²) in [6.07, 6.45) is 19.6. The minimum absolute atomic E-state index is 0.261. The predicted molar refractivity (Wildman–Crippen MR) is 151 cm³/mol. The largest absolute Gasteiger partial charge is 0.507 e. The molecule has 0 spiro atoms. The van der Waals surface area contributed by atoms with Gasteiger partial charge in [-0.15, -0.1) is 0 Å². The molecule has 4 nitrogen and oxygen atoms in total. The first kappa shape index (κ1) is 28.6. The van der Waals surface area contributed by atoms with Gasteiger partial charge in [0, 0.05) is 23.6 Å². The molecule has 0 amide bonds. The average Bonchev–Trinajstić information content (AvgIpc) is 2.86. The second kappa shape index (κ2) is 17.8. The van der Waals surface area contributed by atoms with Crippen LogP contribution in [0.1, 0.15) is 107 Å². The number of phenols is 2. The van der Waals surface area contributed by atoms with Crippen molar-refractivity contribution >= 4 is 12.4 Å². The Morgan fingerprint density at radius 1 is 0.571 bits per heavy atom. The lowest BCUT2D eigenvalue weighted by atomic mass is 10.0. The van der Waals surface area contributed by atoms with Crippen molar-refractivity contribution in [3.63, 3.8) is 0 Å². The van der Waals surface area contributed by atoms with Gasteiger partial charge in [0.05, 0.1) is 13.1 Å². The van der Waals surface area contributed by atoms with Crippen molar-refractivity contribution in [1.82, 2.24) is 0 Å². The van der Waals surface area contributed by atoms with E-state index in [-0.39, 0.29) is 11.5 Å². The highest BCUT2D eigenvalue weighted by atomic mass is 16.3. The molecule has 2 N–H and O–H groups in total. The van der Waals surface area contributed by atoms with Crippen LogP contribution < -0.4 is 0 Å². The normalized spacial score (nSPS) is 11.7. The van der Waals surface area contributed by atoms with Crippen LogP contribution in [0.2, 0.25) is 0 Å². The van der Waals surface area contributed by atoms with Crippen LogP contribution in [0.4, 0.5) is 0 Å². The average molecular weight is 479 g/mol. The number of aryl methyl sites for hydroxylation is 2. The maximum absolute atomic E-state index is 10.2. The van der Waals surface area contributed by atoms with Gasteiger partial charge in [-0.05, 0) is 61.1 Å². The van der Waals surface area contributed by atoms with Gasteiger partial charge in [0.2, 0.25) is 0 Å². The summed E-state index contributed by atoms with van der Waals surface area (Å²) in [4.78, 5) is 8.89. The lowest BCUT2D eigenvalue weighted by Gasteiger charge is -2.05. The number of hydrogen-bond acceptors (Lipinski definition) is 4. The van der Waals surface area contributed by atoms with E-state index in [4.69, 9.17) is 0 Å². The smallest absolute Gasteiger partial charge is 0.124 e. The van der Waals surface area contributed by atoms with Crippen molar-refractivity contribution in [2.45, 2.75) is 97.3 Å². The first-order valence-electron chi connectivity index (χ1n) is 13.8. The van der Waals surface area contributed by atoms with Crippen LogP contribution in [0, 0.1) is 0 Å². The van der Waals surface area contributed by atoms with Crippen LogP contribution in [0.5, 0.6) is 11.5 Å². The molecule has 0 aromatic heterocycles. The number of rotatable bonds is 18. The Labute approximate surface area is 213 Å². The highest BCUT2D eigenvalue weighted by Gasteiger charge is 2.02. The molecular weight excluding hydrogens is 432 g/mol. The molecular formula is C31H46N2O2. The SMILES string of the molecule is CCCCCCCCCc1ccc(O)c(C=NCCN=Cc2cc(CCCCCC)ccc2O)c1. The molecule has 0 radical (unpaired) electrons. The molecule has 0 unspecified atom stereocenters. The fraction of sp³-hybridized carbons (Fsp3) is 0.548. The second-order valence-corrected chi connectivity index (χ2v) is 9.54. The van der Waals surface area contributed by atoms with Crippen LogP contribution in [-0.4, -0.2) is 35.7 Å². The molecule has 0 saturated carbocycles. The zero-order valence-electron chi connectivity index (χ0n) is 22.0. The van der Waals surface area contributed by atoms with Gasteiger partial charge in [-0.3, -0.25) is 9.98 Å². The Morgan fingerprint density at radius 3 is 1.43 bits per heavy atom. The van der Waals surface area contributed by atoms with Crippen LogP contribution in [-0.2, 0) is 12.8 Å². The lowest BCUT2D eigenvalue weighted by molar-refractivity contribution is 0.473. The zero-order chi connectivity index (χ0) is 25.1. The molecule has 2 aromatic rings. The van der Waals surface area contributed by atoms with Gasteiger partial charge >= 0.3 is 0 Å². The van der Waals surface area contributed by atoms with E-state index in [1.807, 2.05) is 24.3 Å². The Kier molecular flexibility index (Phi) is 14.5. The van der Waals surface area contributed by atoms with E-state index in [0.717, 1.165) is 24.0 Å². The molecule has 2 rings (SSSR count). The topological polar surface area (TPSA) is 65.2 Å². The van der Waals surface area contributed by atoms with Gasteiger partial charge in [0.25, 0.3) is 0 Å². The first-order valence-corrected chi connectivity index (χ1v) is 13.8. The molecule has 0 atom stereocenters. The van der Waals surface area contributed by atoms with E-state index in [0.29, 0.717) is 13.1 Å². The van der Waals surface area contributed by atoms with Crippen molar-refractivity contribution in [2.75, 3.05) is 13.1 Å². The highest BCUT2D eigenvalue weighted by molar-refractivity contribution is 5.84. The number of benzene rings is 2. The minimum atomic E-state index is 0.261. The summed E-state index contributed by atoms with van der Waals surface area (Å²) in [7, 11) is 0. The summed E-state index contributed by atoms with van der Waals surface area (Å²) in [6, 6.07) is 11.6. The summed E-state index contributed by atoms with van der Waals surface area (Å²) >= 11 is 0. The van der Waals surface area contributed by atoms with Crippen LogP contribution in [0.25, 0.3) is 0 Å². The number of aromatic hydroxyl groups is 2. The van der Waals surface area contributed by atoms with Gasteiger partial charge in [0.15, 0.2) is 0 Å². The maximum atomic E-state index is 10.2. The fourth-order valence-corrected chi connectivity index (χ4v) is 4.21. The molecule has 0 bridgehead atoms. The molecule has 0 saturated heterocycles. The highest BCUT2D eigenvalue weighted by Crippen LogP contribution is 2.20. The summed E-state index contributed by atoms with van der Waals surface area (Å²) < 4.78 is 0. The third-order valence-electron chi connectivity index (χ3n) is 6.39. The van der Waals surface area contributed by atoms with E-state index in [1.54, 1.807) is 24.6 Å². The van der Waals surface area contributed by atoms with Gasteiger partial charge in [-0.2, -0.15) is 0 Å². The molecule has 4 heteroatoms. The Bertz CT molecular complexity index is 905. The summed E-state index contributed by atoms with van der Waals surface area (Å²) in [5.41, 5.74) is 4.02. The van der Waals surface area contributed by atoms with Crippen molar-refractivity contribution in [2.24, 2.45) is 9.98 Å². The lowest BCUT2D eigenvalue weighted by Crippen LogP contribution is -1.94. The molecule has 192 valence electrons. The monoisotopic (exact) mass is 478 g/mol. The number of nitrogens with zero attached hydrogens (tertiary/aromatic N) is 2. The molecule has 0 aliphatic heterocycles. The molecule has 0 fully saturated rings. The van der Waals surface area contributed by atoms with Crippen molar-refractivity contribution in [1.29, 1.82) is 0 Å². The van der Waals surface area contributed by atoms with Crippen molar-refractivity contribution in [3.05, 3.63) is 58.7 Å². The van der Waals surface area contributed by atoms with Gasteiger partial charge in [0.1, 0.15) is 11.5 Å². The Hall–Kier alpha value is -2.62. The predicted octanol–water partition coefficient (Wildman–Crippen LogP) is 8.05. The summed E-state index contributed by atoms with van der Waals surface area (Å²) in [5.74, 6) is 0.526. The van der Waals surface area contributed by atoms with Crippen molar-refractivity contribution < 1.29 is 10.2 Å². The number of hydrogen-bond donors (Lipinski definition) is 2.